The number of benzene rings is 1. The summed E-state index contributed by atoms with van der Waals surface area (Å²) >= 11 is 0. The molecule has 1 amide bonds. The van der Waals surface area contributed by atoms with E-state index >= 15 is 0 Å². The predicted molar refractivity (Wildman–Crippen MR) is 93.4 cm³/mol. The second kappa shape index (κ2) is 7.99. The van der Waals surface area contributed by atoms with Crippen LogP contribution < -0.4 is 0 Å². The molecule has 2 fully saturated rings. The number of nitrogens with zero attached hydrogens (tertiary/aromatic N) is 2. The molecule has 1 aromatic rings. The lowest BCUT2D eigenvalue weighted by Crippen LogP contribution is -2.42. The molecule has 2 aliphatic rings. The van der Waals surface area contributed by atoms with E-state index in [-0.39, 0.29) is 11.7 Å². The molecule has 2 aliphatic heterocycles. The highest BCUT2D eigenvalue weighted by atomic mass is 16.5. The van der Waals surface area contributed by atoms with Crippen molar-refractivity contribution in [2.24, 2.45) is 0 Å². The van der Waals surface area contributed by atoms with Gasteiger partial charge in [0.2, 0.25) is 0 Å². The lowest BCUT2D eigenvalue weighted by Gasteiger charge is -2.33. The fourth-order valence-corrected chi connectivity index (χ4v) is 3.78. The molecule has 0 unspecified atom stereocenters. The summed E-state index contributed by atoms with van der Waals surface area (Å²) in [6, 6.07) is 6.06. The van der Waals surface area contributed by atoms with Gasteiger partial charge < -0.3 is 14.7 Å². The van der Waals surface area contributed by atoms with Gasteiger partial charge in [0.1, 0.15) is 5.75 Å². The Kier molecular flexibility index (Phi) is 5.74. The van der Waals surface area contributed by atoms with Crippen molar-refractivity contribution in [3.8, 4) is 5.75 Å². The Morgan fingerprint density at radius 1 is 1.21 bits per heavy atom. The number of phenols is 1. The van der Waals surface area contributed by atoms with E-state index in [1.807, 2.05) is 24.0 Å². The molecule has 5 heteroatoms. The Morgan fingerprint density at radius 2 is 2.00 bits per heavy atom. The van der Waals surface area contributed by atoms with Gasteiger partial charge in [0, 0.05) is 45.4 Å². The third-order valence-electron chi connectivity index (χ3n) is 5.26. The minimum Gasteiger partial charge on any atom is -0.507 e. The second-order valence-electron chi connectivity index (χ2n) is 6.69. The minimum absolute atomic E-state index is 0.0448. The Morgan fingerprint density at radius 3 is 2.75 bits per heavy atom. The number of carbonyl (C=O) groups is 1. The van der Waals surface area contributed by atoms with Gasteiger partial charge in [-0.1, -0.05) is 19.1 Å². The summed E-state index contributed by atoms with van der Waals surface area (Å²) in [5.74, 6) is 0.104. The normalized spacial score (nSPS) is 20.8. The highest BCUT2D eigenvalue weighted by molar-refractivity contribution is 5.97. The maximum absolute atomic E-state index is 12.9. The lowest BCUT2D eigenvalue weighted by molar-refractivity contribution is 0.0351. The first-order valence-electron chi connectivity index (χ1n) is 9.12. The Bertz CT molecular complexity index is 570. The van der Waals surface area contributed by atoms with Crippen LogP contribution in [-0.2, 0) is 11.2 Å². The van der Waals surface area contributed by atoms with Crippen molar-refractivity contribution in [2.45, 2.75) is 38.6 Å². The number of amides is 1. The van der Waals surface area contributed by atoms with E-state index in [4.69, 9.17) is 4.74 Å². The zero-order valence-electron chi connectivity index (χ0n) is 14.5. The standard InChI is InChI=1S/C19H28N2O3/c1-2-15-5-3-6-17(18(15)22)19(23)21-10-4-9-20(11-12-21)16-7-13-24-14-8-16/h3,5-6,16,22H,2,4,7-14H2,1H3. The van der Waals surface area contributed by atoms with Gasteiger partial charge in [0.25, 0.3) is 5.91 Å². The molecule has 0 radical (unpaired) electrons. The van der Waals surface area contributed by atoms with Gasteiger partial charge in [-0.2, -0.15) is 0 Å². The Balaban J connectivity index is 1.66. The molecule has 2 heterocycles. The highest BCUT2D eigenvalue weighted by Crippen LogP contribution is 2.25. The molecule has 2 saturated heterocycles. The van der Waals surface area contributed by atoms with Crippen LogP contribution in [0.2, 0.25) is 0 Å². The second-order valence-corrected chi connectivity index (χ2v) is 6.69. The SMILES string of the molecule is CCc1cccc(C(=O)N2CCCN(C3CCOCC3)CC2)c1O. The fraction of sp³-hybridized carbons (Fsp3) is 0.632. The van der Waals surface area contributed by atoms with Gasteiger partial charge in [-0.3, -0.25) is 9.69 Å². The number of para-hydroxylation sites is 1. The van der Waals surface area contributed by atoms with Gasteiger partial charge in [-0.05, 0) is 37.3 Å². The van der Waals surface area contributed by atoms with Crippen LogP contribution in [0.4, 0.5) is 0 Å². The molecule has 0 aliphatic carbocycles. The van der Waals surface area contributed by atoms with Gasteiger partial charge in [-0.25, -0.2) is 0 Å². The van der Waals surface area contributed by atoms with E-state index < -0.39 is 0 Å². The largest absolute Gasteiger partial charge is 0.507 e. The maximum Gasteiger partial charge on any atom is 0.257 e. The van der Waals surface area contributed by atoms with E-state index in [1.54, 1.807) is 6.07 Å². The van der Waals surface area contributed by atoms with Crippen molar-refractivity contribution in [1.29, 1.82) is 0 Å². The summed E-state index contributed by atoms with van der Waals surface area (Å²) in [6.45, 7) is 7.12. The van der Waals surface area contributed by atoms with Crippen molar-refractivity contribution in [1.82, 2.24) is 9.80 Å². The zero-order chi connectivity index (χ0) is 16.9. The number of carbonyl (C=O) groups excluding carboxylic acids is 1. The molecule has 24 heavy (non-hydrogen) atoms. The van der Waals surface area contributed by atoms with Crippen LogP contribution in [0.1, 0.15) is 42.1 Å². The smallest absolute Gasteiger partial charge is 0.257 e. The fourth-order valence-electron chi connectivity index (χ4n) is 3.78. The number of hydrogen-bond acceptors (Lipinski definition) is 4. The minimum atomic E-state index is -0.0448. The maximum atomic E-state index is 12.9. The third-order valence-corrected chi connectivity index (χ3v) is 5.26. The number of aryl methyl sites for hydroxylation is 1. The summed E-state index contributed by atoms with van der Waals surface area (Å²) in [5.41, 5.74) is 1.27. The molecule has 0 aromatic heterocycles. The third kappa shape index (κ3) is 3.73. The first-order chi connectivity index (χ1) is 11.7. The van der Waals surface area contributed by atoms with Crippen LogP contribution in [0, 0.1) is 0 Å². The number of aromatic hydroxyl groups is 1. The summed E-state index contributed by atoms with van der Waals surface area (Å²) in [5, 5.41) is 10.3. The Hall–Kier alpha value is -1.59. The zero-order valence-corrected chi connectivity index (χ0v) is 14.5. The molecule has 5 nitrogen and oxygen atoms in total. The van der Waals surface area contributed by atoms with E-state index in [9.17, 15) is 9.90 Å². The molecule has 3 rings (SSSR count). The van der Waals surface area contributed by atoms with E-state index in [2.05, 4.69) is 4.90 Å². The predicted octanol–water partition coefficient (Wildman–Crippen LogP) is 2.28. The van der Waals surface area contributed by atoms with Gasteiger partial charge in [0.05, 0.1) is 5.56 Å². The van der Waals surface area contributed by atoms with Crippen LogP contribution in [0.3, 0.4) is 0 Å². The van der Waals surface area contributed by atoms with Crippen molar-refractivity contribution < 1.29 is 14.6 Å². The first-order valence-corrected chi connectivity index (χ1v) is 9.12. The monoisotopic (exact) mass is 332 g/mol. The van der Waals surface area contributed by atoms with Crippen LogP contribution in [0.15, 0.2) is 18.2 Å². The van der Waals surface area contributed by atoms with Gasteiger partial charge in [-0.15, -0.1) is 0 Å². The van der Waals surface area contributed by atoms with Crippen LogP contribution >= 0.6 is 0 Å². The van der Waals surface area contributed by atoms with E-state index in [1.165, 1.54) is 0 Å². The van der Waals surface area contributed by atoms with Crippen LogP contribution in [-0.4, -0.2) is 66.2 Å². The average molecular weight is 332 g/mol. The first kappa shape index (κ1) is 17.2. The summed E-state index contributed by atoms with van der Waals surface area (Å²) in [4.78, 5) is 17.3. The average Bonchev–Trinajstić information content (AvgIpc) is 2.88. The molecular formula is C19H28N2O3. The molecular weight excluding hydrogens is 304 g/mol. The summed E-state index contributed by atoms with van der Waals surface area (Å²) in [6.07, 6.45) is 3.89. The van der Waals surface area contributed by atoms with E-state index in [0.717, 1.165) is 70.6 Å². The molecule has 0 bridgehead atoms. The summed E-state index contributed by atoms with van der Waals surface area (Å²) in [7, 11) is 0. The number of rotatable bonds is 3. The molecule has 0 atom stereocenters. The number of hydrogen-bond donors (Lipinski definition) is 1. The Labute approximate surface area is 144 Å². The number of phenolic OH excluding ortho intramolecular Hbond substituents is 1. The van der Waals surface area contributed by atoms with Gasteiger partial charge in [0.15, 0.2) is 0 Å². The van der Waals surface area contributed by atoms with Crippen molar-refractivity contribution in [2.75, 3.05) is 39.4 Å². The van der Waals surface area contributed by atoms with Crippen molar-refractivity contribution in [3.63, 3.8) is 0 Å². The molecule has 132 valence electrons. The molecule has 1 aromatic carbocycles. The van der Waals surface area contributed by atoms with Crippen molar-refractivity contribution in [3.05, 3.63) is 29.3 Å². The van der Waals surface area contributed by atoms with Crippen LogP contribution in [0.5, 0.6) is 5.75 Å². The highest BCUT2D eigenvalue weighted by Gasteiger charge is 2.27. The van der Waals surface area contributed by atoms with Gasteiger partial charge >= 0.3 is 0 Å². The van der Waals surface area contributed by atoms with Crippen LogP contribution in [0.25, 0.3) is 0 Å². The lowest BCUT2D eigenvalue weighted by atomic mass is 10.1. The molecule has 0 saturated carbocycles. The number of ether oxygens (including phenoxy) is 1. The molecule has 1 N–H and O–H groups in total. The summed E-state index contributed by atoms with van der Waals surface area (Å²) < 4.78 is 5.45. The molecule has 0 spiro atoms. The quantitative estimate of drug-likeness (QED) is 0.923. The topological polar surface area (TPSA) is 53.0 Å². The van der Waals surface area contributed by atoms with Crippen molar-refractivity contribution >= 4 is 5.91 Å². The van der Waals surface area contributed by atoms with E-state index in [0.29, 0.717) is 11.6 Å².